The van der Waals surface area contributed by atoms with Gasteiger partial charge in [0.2, 0.25) is 0 Å². The van der Waals surface area contributed by atoms with Crippen molar-refractivity contribution in [3.8, 4) is 5.19 Å². The van der Waals surface area contributed by atoms with Crippen LogP contribution in [0, 0.1) is 0 Å². The van der Waals surface area contributed by atoms with Crippen LogP contribution in [0.1, 0.15) is 0 Å². The Kier molecular flexibility index (Phi) is 2.14. The molecule has 0 aliphatic carbocycles. The van der Waals surface area contributed by atoms with Gasteiger partial charge in [0.1, 0.15) is 0 Å². The van der Waals surface area contributed by atoms with Crippen molar-refractivity contribution < 1.29 is 17.2 Å². The molecule has 0 aliphatic rings. The Balaban J connectivity index is 2.46. The summed E-state index contributed by atoms with van der Waals surface area (Å²) in [5, 5.41) is -0.0892. The summed E-state index contributed by atoms with van der Waals surface area (Å²) in [6.07, 6.45) is 0. The number of para-hydroxylation sites is 1. The Morgan fingerprint density at radius 3 is 2.71 bits per heavy atom. The second kappa shape index (κ2) is 3.19. The standard InChI is InChI=1S/C7H5NO4S2/c9-14(10,11)12-7-8-5-3-1-2-4-6(5)13-7/h1-4H,(H,9,10,11). The van der Waals surface area contributed by atoms with E-state index in [1.165, 1.54) is 0 Å². The highest BCUT2D eigenvalue weighted by molar-refractivity contribution is 7.81. The molecule has 0 spiro atoms. The molecule has 0 unspecified atom stereocenters. The monoisotopic (exact) mass is 231 g/mol. The number of fused-ring (bicyclic) bond motifs is 1. The minimum Gasteiger partial charge on any atom is -0.331 e. The first-order valence-corrected chi connectivity index (χ1v) is 5.75. The van der Waals surface area contributed by atoms with Crippen LogP contribution in [0.3, 0.4) is 0 Å². The molecule has 0 bridgehead atoms. The summed E-state index contributed by atoms with van der Waals surface area (Å²) in [5.74, 6) is 0. The fourth-order valence-electron chi connectivity index (χ4n) is 0.977. The highest BCUT2D eigenvalue weighted by atomic mass is 32.3. The van der Waals surface area contributed by atoms with Gasteiger partial charge >= 0.3 is 10.4 Å². The zero-order valence-electron chi connectivity index (χ0n) is 6.75. The fourth-order valence-corrected chi connectivity index (χ4v) is 2.29. The molecule has 0 aliphatic heterocycles. The third-order valence-corrected chi connectivity index (χ3v) is 2.84. The van der Waals surface area contributed by atoms with E-state index in [1.54, 1.807) is 24.3 Å². The van der Waals surface area contributed by atoms with Gasteiger partial charge in [0.05, 0.1) is 10.2 Å². The number of hydrogen-bond donors (Lipinski definition) is 1. The van der Waals surface area contributed by atoms with Crippen molar-refractivity contribution in [1.29, 1.82) is 0 Å². The highest BCUT2D eigenvalue weighted by Gasteiger charge is 2.11. The first kappa shape index (κ1) is 9.38. The van der Waals surface area contributed by atoms with Gasteiger partial charge in [-0.2, -0.15) is 8.42 Å². The van der Waals surface area contributed by atoms with Crippen molar-refractivity contribution in [3.05, 3.63) is 24.3 Å². The molecule has 5 nitrogen and oxygen atoms in total. The van der Waals surface area contributed by atoms with Crippen molar-refractivity contribution in [2.24, 2.45) is 0 Å². The number of nitrogens with zero attached hydrogens (tertiary/aromatic N) is 1. The van der Waals surface area contributed by atoms with Gasteiger partial charge in [0.15, 0.2) is 0 Å². The Morgan fingerprint density at radius 2 is 2.07 bits per heavy atom. The van der Waals surface area contributed by atoms with E-state index in [0.29, 0.717) is 5.52 Å². The van der Waals surface area contributed by atoms with E-state index in [9.17, 15) is 8.42 Å². The topological polar surface area (TPSA) is 76.5 Å². The smallest absolute Gasteiger partial charge is 0.331 e. The molecule has 1 aromatic carbocycles. The maximum absolute atomic E-state index is 10.4. The molecule has 0 radical (unpaired) electrons. The fraction of sp³-hybridized carbons (Fsp3) is 0. The maximum Gasteiger partial charge on any atom is 0.448 e. The number of benzene rings is 1. The van der Waals surface area contributed by atoms with Crippen LogP contribution in [0.5, 0.6) is 5.19 Å². The molecule has 0 fully saturated rings. The van der Waals surface area contributed by atoms with Crippen LogP contribution >= 0.6 is 11.3 Å². The second-order valence-electron chi connectivity index (χ2n) is 2.46. The zero-order chi connectivity index (χ0) is 10.2. The van der Waals surface area contributed by atoms with Crippen molar-refractivity contribution in [2.75, 3.05) is 0 Å². The lowest BCUT2D eigenvalue weighted by Crippen LogP contribution is -2.05. The van der Waals surface area contributed by atoms with Crippen molar-refractivity contribution in [3.63, 3.8) is 0 Å². The van der Waals surface area contributed by atoms with Gasteiger partial charge in [0.25, 0.3) is 5.19 Å². The summed E-state index contributed by atoms with van der Waals surface area (Å²) in [5.41, 5.74) is 0.635. The van der Waals surface area contributed by atoms with Gasteiger partial charge in [-0.25, -0.2) is 4.98 Å². The molecular formula is C7H5NO4S2. The molecule has 2 rings (SSSR count). The summed E-state index contributed by atoms with van der Waals surface area (Å²) in [7, 11) is -4.48. The van der Waals surface area contributed by atoms with Crippen molar-refractivity contribution in [1.82, 2.24) is 4.98 Å². The van der Waals surface area contributed by atoms with E-state index in [-0.39, 0.29) is 5.19 Å². The predicted molar refractivity (Wildman–Crippen MR) is 51.8 cm³/mol. The molecule has 1 N–H and O–H groups in total. The van der Waals surface area contributed by atoms with Crippen LogP contribution in [-0.4, -0.2) is 18.0 Å². The number of thiazole rings is 1. The number of aromatic nitrogens is 1. The molecule has 7 heteroatoms. The van der Waals surface area contributed by atoms with Crippen LogP contribution in [0.2, 0.25) is 0 Å². The van der Waals surface area contributed by atoms with E-state index >= 15 is 0 Å². The molecule has 0 saturated heterocycles. The zero-order valence-corrected chi connectivity index (χ0v) is 8.38. The van der Waals surface area contributed by atoms with Crippen LogP contribution in [0.25, 0.3) is 10.2 Å². The van der Waals surface area contributed by atoms with E-state index in [1.807, 2.05) is 0 Å². The van der Waals surface area contributed by atoms with Gasteiger partial charge in [-0.05, 0) is 12.1 Å². The van der Waals surface area contributed by atoms with E-state index in [0.717, 1.165) is 16.0 Å². The maximum atomic E-state index is 10.4. The van der Waals surface area contributed by atoms with Gasteiger partial charge in [0, 0.05) is 0 Å². The minimum absolute atomic E-state index is 0.0892. The molecule has 0 amide bonds. The average molecular weight is 231 g/mol. The average Bonchev–Trinajstić information content (AvgIpc) is 2.42. The van der Waals surface area contributed by atoms with Gasteiger partial charge in [-0.1, -0.05) is 23.5 Å². The van der Waals surface area contributed by atoms with Crippen molar-refractivity contribution in [2.45, 2.75) is 0 Å². The Morgan fingerprint density at radius 1 is 1.36 bits per heavy atom. The molecule has 74 valence electrons. The van der Waals surface area contributed by atoms with Crippen LogP contribution < -0.4 is 4.18 Å². The Hall–Kier alpha value is -1.18. The van der Waals surface area contributed by atoms with Gasteiger partial charge in [-0.15, -0.1) is 0 Å². The molecule has 0 saturated carbocycles. The predicted octanol–water partition coefficient (Wildman–Crippen LogP) is 1.48. The summed E-state index contributed by atoms with van der Waals surface area (Å²) >= 11 is 1.05. The summed E-state index contributed by atoms with van der Waals surface area (Å²) < 4.78 is 34.2. The van der Waals surface area contributed by atoms with Gasteiger partial charge < -0.3 is 4.18 Å². The molecule has 1 heterocycles. The normalized spacial score (nSPS) is 11.8. The second-order valence-corrected chi connectivity index (χ2v) is 4.47. The largest absolute Gasteiger partial charge is 0.448 e. The molecule has 2 aromatic rings. The van der Waals surface area contributed by atoms with E-state index < -0.39 is 10.4 Å². The SMILES string of the molecule is O=S(=O)(O)Oc1nc2ccccc2s1. The van der Waals surface area contributed by atoms with Crippen LogP contribution in [-0.2, 0) is 10.4 Å². The summed E-state index contributed by atoms with van der Waals surface area (Å²) in [4.78, 5) is 3.86. The van der Waals surface area contributed by atoms with E-state index in [4.69, 9.17) is 4.55 Å². The van der Waals surface area contributed by atoms with Crippen molar-refractivity contribution >= 4 is 32.0 Å². The molecule has 0 atom stereocenters. The number of hydrogen-bond acceptors (Lipinski definition) is 5. The minimum atomic E-state index is -4.48. The van der Waals surface area contributed by atoms with Gasteiger partial charge in [-0.3, -0.25) is 4.55 Å². The molecule has 14 heavy (non-hydrogen) atoms. The first-order valence-electron chi connectivity index (χ1n) is 3.57. The molecule has 1 aromatic heterocycles. The summed E-state index contributed by atoms with van der Waals surface area (Å²) in [6.45, 7) is 0. The lowest BCUT2D eigenvalue weighted by atomic mass is 10.3. The molecular weight excluding hydrogens is 226 g/mol. The third kappa shape index (κ3) is 2.00. The third-order valence-electron chi connectivity index (χ3n) is 1.45. The number of rotatable bonds is 2. The van der Waals surface area contributed by atoms with Crippen LogP contribution in [0.4, 0.5) is 0 Å². The highest BCUT2D eigenvalue weighted by Crippen LogP contribution is 2.27. The Bertz CT molecular complexity index is 527. The Labute approximate surface area is 83.9 Å². The summed E-state index contributed by atoms with van der Waals surface area (Å²) in [6, 6.07) is 7.09. The lowest BCUT2D eigenvalue weighted by molar-refractivity contribution is 0.386. The van der Waals surface area contributed by atoms with Crippen LogP contribution in [0.15, 0.2) is 24.3 Å². The quantitative estimate of drug-likeness (QED) is 0.792. The first-order chi connectivity index (χ1) is 6.54. The lowest BCUT2D eigenvalue weighted by Gasteiger charge is -1.92. The van der Waals surface area contributed by atoms with E-state index in [2.05, 4.69) is 9.17 Å².